The first-order chi connectivity index (χ1) is 10.7. The van der Waals surface area contributed by atoms with Crippen LogP contribution in [0.4, 0.5) is 5.69 Å². The van der Waals surface area contributed by atoms with Crippen LogP contribution in [-0.2, 0) is 17.6 Å². The number of fused-ring (bicyclic) bond motifs is 1. The van der Waals surface area contributed by atoms with Gasteiger partial charge in [0.15, 0.2) is 5.69 Å². The molecule has 3 rings (SSSR count). The van der Waals surface area contributed by atoms with E-state index in [1.165, 1.54) is 7.11 Å². The lowest BCUT2D eigenvalue weighted by atomic mass is 9.96. The Morgan fingerprint density at radius 1 is 1.18 bits per heavy atom. The summed E-state index contributed by atoms with van der Waals surface area (Å²) in [5, 5.41) is 9.90. The van der Waals surface area contributed by atoms with Gasteiger partial charge in [-0.1, -0.05) is 0 Å². The van der Waals surface area contributed by atoms with E-state index in [0.717, 1.165) is 36.9 Å². The first kappa shape index (κ1) is 14.3. The molecule has 0 unspecified atom stereocenters. The smallest absolute Gasteiger partial charge is 0.337 e. The molecule has 1 aliphatic rings. The third-order valence-corrected chi connectivity index (χ3v) is 3.84. The Kier molecular flexibility index (Phi) is 3.91. The Morgan fingerprint density at radius 2 is 1.91 bits per heavy atom. The van der Waals surface area contributed by atoms with Gasteiger partial charge in [-0.05, 0) is 49.9 Å². The van der Waals surface area contributed by atoms with E-state index in [-0.39, 0.29) is 5.91 Å². The number of methoxy groups -OCH3 is 1. The quantitative estimate of drug-likeness (QED) is 0.852. The number of nitrogens with zero attached hydrogens (tertiary/aromatic N) is 1. The van der Waals surface area contributed by atoms with Crippen LogP contribution in [0.25, 0.3) is 0 Å². The average Bonchev–Trinajstić information content (AvgIpc) is 2.99. The van der Waals surface area contributed by atoms with Crippen LogP contribution in [0.1, 0.15) is 44.9 Å². The molecule has 1 aliphatic carbocycles. The number of H-pyrrole nitrogens is 1. The third kappa shape index (κ3) is 2.72. The van der Waals surface area contributed by atoms with Crippen LogP contribution in [0.5, 0.6) is 0 Å². The summed E-state index contributed by atoms with van der Waals surface area (Å²) in [7, 11) is 1.33. The zero-order chi connectivity index (χ0) is 15.5. The number of aryl methyl sites for hydroxylation is 1. The topological polar surface area (TPSA) is 84.1 Å². The van der Waals surface area contributed by atoms with E-state index >= 15 is 0 Å². The molecule has 0 saturated heterocycles. The molecule has 6 nitrogen and oxygen atoms in total. The number of benzene rings is 1. The molecule has 2 N–H and O–H groups in total. The highest BCUT2D eigenvalue weighted by Gasteiger charge is 2.21. The van der Waals surface area contributed by atoms with E-state index in [1.807, 2.05) is 0 Å². The number of carbonyl (C=O) groups is 2. The number of aromatic amines is 1. The second-order valence-electron chi connectivity index (χ2n) is 5.26. The zero-order valence-electron chi connectivity index (χ0n) is 12.3. The van der Waals surface area contributed by atoms with Crippen molar-refractivity contribution in [3.8, 4) is 0 Å². The molecule has 0 spiro atoms. The summed E-state index contributed by atoms with van der Waals surface area (Å²) in [6.07, 6.45) is 4.05. The van der Waals surface area contributed by atoms with E-state index in [0.29, 0.717) is 16.9 Å². The van der Waals surface area contributed by atoms with E-state index in [1.54, 1.807) is 24.3 Å². The van der Waals surface area contributed by atoms with Gasteiger partial charge in [-0.3, -0.25) is 9.89 Å². The lowest BCUT2D eigenvalue weighted by Crippen LogP contribution is -2.15. The van der Waals surface area contributed by atoms with Crippen LogP contribution < -0.4 is 5.32 Å². The van der Waals surface area contributed by atoms with Crippen molar-refractivity contribution in [1.82, 2.24) is 10.2 Å². The molecule has 0 saturated carbocycles. The van der Waals surface area contributed by atoms with Gasteiger partial charge in [0.2, 0.25) is 0 Å². The number of esters is 1. The first-order valence-corrected chi connectivity index (χ1v) is 7.25. The molecule has 22 heavy (non-hydrogen) atoms. The number of nitrogens with one attached hydrogen (secondary N) is 2. The fourth-order valence-corrected chi connectivity index (χ4v) is 2.67. The van der Waals surface area contributed by atoms with Gasteiger partial charge in [0, 0.05) is 16.9 Å². The minimum absolute atomic E-state index is 0.231. The molecule has 1 heterocycles. The molecule has 1 aromatic carbocycles. The summed E-state index contributed by atoms with van der Waals surface area (Å²) in [6, 6.07) is 6.56. The summed E-state index contributed by atoms with van der Waals surface area (Å²) < 4.78 is 4.64. The van der Waals surface area contributed by atoms with Crippen LogP contribution in [0.3, 0.4) is 0 Å². The molecular weight excluding hydrogens is 282 g/mol. The second-order valence-corrected chi connectivity index (χ2v) is 5.26. The van der Waals surface area contributed by atoms with Gasteiger partial charge in [-0.2, -0.15) is 5.10 Å². The van der Waals surface area contributed by atoms with Gasteiger partial charge in [0.25, 0.3) is 5.91 Å². The average molecular weight is 299 g/mol. The van der Waals surface area contributed by atoms with Crippen LogP contribution in [0.2, 0.25) is 0 Å². The lowest BCUT2D eigenvalue weighted by molar-refractivity contribution is 0.0600. The standard InChI is InChI=1S/C16H17N3O3/c1-22-16(21)10-6-8-11(9-7-10)17-15(20)14-12-4-2-3-5-13(12)18-19-14/h6-9H,2-5H2,1H3,(H,17,20)(H,18,19). The van der Waals surface area contributed by atoms with Crippen LogP contribution in [0.15, 0.2) is 24.3 Å². The minimum atomic E-state index is -0.403. The van der Waals surface area contributed by atoms with Crippen molar-refractivity contribution in [3.63, 3.8) is 0 Å². The van der Waals surface area contributed by atoms with E-state index in [2.05, 4.69) is 20.3 Å². The highest BCUT2D eigenvalue weighted by atomic mass is 16.5. The second kappa shape index (κ2) is 6.01. The van der Waals surface area contributed by atoms with Gasteiger partial charge in [0.05, 0.1) is 12.7 Å². The maximum atomic E-state index is 12.3. The summed E-state index contributed by atoms with van der Waals surface area (Å²) in [6.45, 7) is 0. The van der Waals surface area contributed by atoms with Crippen molar-refractivity contribution in [2.45, 2.75) is 25.7 Å². The summed E-state index contributed by atoms with van der Waals surface area (Å²) in [4.78, 5) is 23.7. The van der Waals surface area contributed by atoms with Gasteiger partial charge in [-0.15, -0.1) is 0 Å². The SMILES string of the molecule is COC(=O)c1ccc(NC(=O)c2n[nH]c3c2CCCC3)cc1. The number of hydrogen-bond acceptors (Lipinski definition) is 4. The van der Waals surface area contributed by atoms with E-state index in [9.17, 15) is 9.59 Å². The maximum Gasteiger partial charge on any atom is 0.337 e. The highest BCUT2D eigenvalue weighted by Crippen LogP contribution is 2.23. The normalized spacial score (nSPS) is 13.3. The van der Waals surface area contributed by atoms with Crippen molar-refractivity contribution in [2.24, 2.45) is 0 Å². The largest absolute Gasteiger partial charge is 0.465 e. The van der Waals surface area contributed by atoms with Crippen molar-refractivity contribution in [1.29, 1.82) is 0 Å². The molecule has 0 atom stereocenters. The summed E-state index contributed by atoms with van der Waals surface area (Å²) in [5.74, 6) is -0.635. The fraction of sp³-hybridized carbons (Fsp3) is 0.312. The molecular formula is C16H17N3O3. The van der Waals surface area contributed by atoms with Crippen LogP contribution >= 0.6 is 0 Å². The monoisotopic (exact) mass is 299 g/mol. The van der Waals surface area contributed by atoms with Crippen molar-refractivity contribution in [2.75, 3.05) is 12.4 Å². The fourth-order valence-electron chi connectivity index (χ4n) is 2.67. The molecule has 0 aliphatic heterocycles. The molecule has 6 heteroatoms. The van der Waals surface area contributed by atoms with E-state index < -0.39 is 5.97 Å². The molecule has 0 fully saturated rings. The number of rotatable bonds is 3. The molecule has 114 valence electrons. The Bertz CT molecular complexity index is 704. The minimum Gasteiger partial charge on any atom is -0.465 e. The van der Waals surface area contributed by atoms with Gasteiger partial charge in [-0.25, -0.2) is 4.79 Å². The van der Waals surface area contributed by atoms with Crippen LogP contribution in [0, 0.1) is 0 Å². The Balaban J connectivity index is 1.74. The summed E-state index contributed by atoms with van der Waals surface area (Å²) >= 11 is 0. The Hall–Kier alpha value is -2.63. The third-order valence-electron chi connectivity index (χ3n) is 3.84. The molecule has 1 aromatic heterocycles. The molecule has 2 aromatic rings. The number of carbonyl (C=O) groups excluding carboxylic acids is 2. The predicted octanol–water partition coefficient (Wildman–Crippen LogP) is 2.33. The predicted molar refractivity (Wildman–Crippen MR) is 81.0 cm³/mol. The van der Waals surface area contributed by atoms with Crippen molar-refractivity contribution in [3.05, 3.63) is 46.8 Å². The number of hydrogen-bond donors (Lipinski definition) is 2. The lowest BCUT2D eigenvalue weighted by Gasteiger charge is -2.11. The maximum absolute atomic E-state index is 12.3. The van der Waals surface area contributed by atoms with E-state index in [4.69, 9.17) is 0 Å². The zero-order valence-corrected chi connectivity index (χ0v) is 12.3. The summed E-state index contributed by atoms with van der Waals surface area (Å²) in [5.41, 5.74) is 3.61. The molecule has 0 bridgehead atoms. The van der Waals surface area contributed by atoms with Crippen molar-refractivity contribution < 1.29 is 14.3 Å². The Labute approximate surface area is 127 Å². The first-order valence-electron chi connectivity index (χ1n) is 7.25. The van der Waals surface area contributed by atoms with Gasteiger partial charge < -0.3 is 10.1 Å². The van der Waals surface area contributed by atoms with Gasteiger partial charge >= 0.3 is 5.97 Å². The van der Waals surface area contributed by atoms with Gasteiger partial charge in [0.1, 0.15) is 0 Å². The molecule has 1 amide bonds. The van der Waals surface area contributed by atoms with Crippen LogP contribution in [-0.4, -0.2) is 29.2 Å². The highest BCUT2D eigenvalue weighted by molar-refractivity contribution is 6.04. The number of anilines is 1. The number of amides is 1. The number of aromatic nitrogens is 2. The van der Waals surface area contributed by atoms with Crippen molar-refractivity contribution >= 4 is 17.6 Å². The number of ether oxygens (including phenoxy) is 1. The Morgan fingerprint density at radius 3 is 2.64 bits per heavy atom. The molecule has 0 radical (unpaired) electrons.